The third-order valence-electron chi connectivity index (χ3n) is 4.85. The van der Waals surface area contributed by atoms with Gasteiger partial charge in [-0.2, -0.15) is 0 Å². The molecule has 1 fully saturated rings. The predicted octanol–water partition coefficient (Wildman–Crippen LogP) is 3.69. The molecule has 3 rings (SSSR count). The maximum atomic E-state index is 12.9. The van der Waals surface area contributed by atoms with Crippen LogP contribution in [0.3, 0.4) is 0 Å². The number of amides is 3. The molecule has 3 amide bonds. The summed E-state index contributed by atoms with van der Waals surface area (Å²) >= 11 is 0. The molecule has 1 aliphatic rings. The van der Waals surface area contributed by atoms with Crippen molar-refractivity contribution in [3.05, 3.63) is 65.2 Å². The van der Waals surface area contributed by atoms with Crippen LogP contribution in [0.25, 0.3) is 0 Å². The Labute approximate surface area is 166 Å². The van der Waals surface area contributed by atoms with Crippen LogP contribution < -0.4 is 5.32 Å². The number of hydrogen-bond donors (Lipinski definition) is 1. The van der Waals surface area contributed by atoms with Crippen LogP contribution in [0.15, 0.2) is 48.5 Å². The molecule has 2 atom stereocenters. The van der Waals surface area contributed by atoms with Crippen molar-refractivity contribution in [2.24, 2.45) is 0 Å². The normalized spacial score (nSPS) is 19.2. The van der Waals surface area contributed by atoms with Crippen molar-refractivity contribution in [2.75, 3.05) is 32.5 Å². The predicted molar refractivity (Wildman–Crippen MR) is 110 cm³/mol. The van der Waals surface area contributed by atoms with Gasteiger partial charge in [-0.15, -0.1) is 0 Å². The highest BCUT2D eigenvalue weighted by atomic mass is 16.5. The molecular weight excluding hydrogens is 354 g/mol. The van der Waals surface area contributed by atoms with Crippen LogP contribution >= 0.6 is 0 Å². The Bertz CT molecular complexity index is 851. The Morgan fingerprint density at radius 1 is 1.11 bits per heavy atom. The molecule has 2 aromatic carbocycles. The summed E-state index contributed by atoms with van der Waals surface area (Å²) in [6.45, 7) is 4.88. The smallest absolute Gasteiger partial charge is 0.322 e. The van der Waals surface area contributed by atoms with Crippen molar-refractivity contribution >= 4 is 17.6 Å². The molecule has 6 nitrogen and oxygen atoms in total. The zero-order chi connectivity index (χ0) is 20.3. The van der Waals surface area contributed by atoms with Crippen LogP contribution in [-0.4, -0.2) is 55.0 Å². The average molecular weight is 381 g/mol. The number of carbonyl (C=O) groups excluding carboxylic acids is 2. The summed E-state index contributed by atoms with van der Waals surface area (Å²) in [6.07, 6.45) is -0.217. The van der Waals surface area contributed by atoms with Crippen molar-refractivity contribution in [3.8, 4) is 0 Å². The number of nitrogens with zero attached hydrogens (tertiary/aromatic N) is 2. The van der Waals surface area contributed by atoms with Gasteiger partial charge in [-0.1, -0.05) is 36.4 Å². The Balaban J connectivity index is 1.75. The van der Waals surface area contributed by atoms with E-state index in [4.69, 9.17) is 4.74 Å². The van der Waals surface area contributed by atoms with Gasteiger partial charge in [0.2, 0.25) is 0 Å². The summed E-state index contributed by atoms with van der Waals surface area (Å²) < 4.78 is 6.03. The SMILES string of the molecule is Cc1ccc(C(=O)N(C)C)cc1NC(=O)N1C[C@H](C)O[C@@H](c2ccccc2)C1. The Morgan fingerprint density at radius 3 is 2.50 bits per heavy atom. The number of ether oxygens (including phenoxy) is 1. The van der Waals surface area contributed by atoms with E-state index in [-0.39, 0.29) is 24.1 Å². The Hall–Kier alpha value is -2.86. The van der Waals surface area contributed by atoms with E-state index >= 15 is 0 Å². The van der Waals surface area contributed by atoms with Crippen molar-refractivity contribution in [1.29, 1.82) is 0 Å². The summed E-state index contributed by atoms with van der Waals surface area (Å²) in [4.78, 5) is 28.4. The lowest BCUT2D eigenvalue weighted by atomic mass is 10.1. The molecule has 0 aromatic heterocycles. The van der Waals surface area contributed by atoms with Gasteiger partial charge in [-0.25, -0.2) is 4.79 Å². The van der Waals surface area contributed by atoms with Crippen molar-refractivity contribution in [1.82, 2.24) is 9.80 Å². The zero-order valence-electron chi connectivity index (χ0n) is 16.8. The van der Waals surface area contributed by atoms with Gasteiger partial charge >= 0.3 is 6.03 Å². The maximum absolute atomic E-state index is 12.9. The van der Waals surface area contributed by atoms with Crippen LogP contribution in [0.5, 0.6) is 0 Å². The molecule has 0 unspecified atom stereocenters. The van der Waals surface area contributed by atoms with Gasteiger partial charge in [0.05, 0.1) is 12.6 Å². The number of carbonyl (C=O) groups is 2. The minimum absolute atomic E-state index is 0.0625. The first kappa shape index (κ1) is 19.9. The number of rotatable bonds is 3. The largest absolute Gasteiger partial charge is 0.367 e. The highest BCUT2D eigenvalue weighted by Crippen LogP contribution is 2.26. The first-order chi connectivity index (χ1) is 13.3. The number of hydrogen-bond acceptors (Lipinski definition) is 3. The number of anilines is 1. The molecule has 6 heteroatoms. The molecule has 2 aromatic rings. The Morgan fingerprint density at radius 2 is 1.82 bits per heavy atom. The minimum atomic E-state index is -0.186. The van der Waals surface area contributed by atoms with Crippen LogP contribution in [-0.2, 0) is 4.74 Å². The molecule has 0 aliphatic carbocycles. The molecule has 148 valence electrons. The van der Waals surface area contributed by atoms with E-state index in [1.807, 2.05) is 50.2 Å². The third-order valence-corrected chi connectivity index (χ3v) is 4.85. The minimum Gasteiger partial charge on any atom is -0.367 e. The van der Waals surface area contributed by atoms with Crippen molar-refractivity contribution in [2.45, 2.75) is 26.1 Å². The number of aryl methyl sites for hydroxylation is 1. The van der Waals surface area contributed by atoms with E-state index in [0.29, 0.717) is 24.3 Å². The fourth-order valence-corrected chi connectivity index (χ4v) is 3.31. The molecule has 1 N–H and O–H groups in total. The van der Waals surface area contributed by atoms with E-state index in [1.54, 1.807) is 31.1 Å². The first-order valence-electron chi connectivity index (χ1n) is 9.43. The number of urea groups is 1. The van der Waals surface area contributed by atoms with Crippen LogP contribution in [0.1, 0.15) is 34.5 Å². The molecule has 0 spiro atoms. The third kappa shape index (κ3) is 4.51. The molecule has 0 bridgehead atoms. The summed E-state index contributed by atoms with van der Waals surface area (Å²) in [7, 11) is 3.42. The molecule has 0 radical (unpaired) electrons. The second-order valence-corrected chi connectivity index (χ2v) is 7.41. The molecule has 1 heterocycles. The second kappa shape index (κ2) is 8.44. The van der Waals surface area contributed by atoms with E-state index < -0.39 is 0 Å². The highest BCUT2D eigenvalue weighted by molar-refractivity contribution is 5.97. The van der Waals surface area contributed by atoms with Gasteiger partial charge in [0, 0.05) is 31.9 Å². The van der Waals surface area contributed by atoms with Crippen LogP contribution in [0.2, 0.25) is 0 Å². The highest BCUT2D eigenvalue weighted by Gasteiger charge is 2.29. The quantitative estimate of drug-likeness (QED) is 0.882. The fourth-order valence-electron chi connectivity index (χ4n) is 3.31. The first-order valence-corrected chi connectivity index (χ1v) is 9.43. The van der Waals surface area contributed by atoms with Gasteiger partial charge in [-0.3, -0.25) is 4.79 Å². The summed E-state index contributed by atoms with van der Waals surface area (Å²) in [6, 6.07) is 15.1. The summed E-state index contributed by atoms with van der Waals surface area (Å²) in [5.74, 6) is -0.0976. The molecular formula is C22H27N3O3. The fraction of sp³-hybridized carbons (Fsp3) is 0.364. The molecule has 28 heavy (non-hydrogen) atoms. The van der Waals surface area contributed by atoms with Crippen LogP contribution in [0.4, 0.5) is 10.5 Å². The summed E-state index contributed by atoms with van der Waals surface area (Å²) in [5, 5.41) is 2.97. The zero-order valence-corrected chi connectivity index (χ0v) is 16.8. The van der Waals surface area contributed by atoms with Gasteiger partial charge in [0.1, 0.15) is 6.10 Å². The monoisotopic (exact) mass is 381 g/mol. The second-order valence-electron chi connectivity index (χ2n) is 7.41. The maximum Gasteiger partial charge on any atom is 0.322 e. The average Bonchev–Trinajstić information content (AvgIpc) is 2.69. The lowest BCUT2D eigenvalue weighted by Crippen LogP contribution is -2.47. The van der Waals surface area contributed by atoms with Crippen LogP contribution in [0, 0.1) is 6.92 Å². The van der Waals surface area contributed by atoms with Gasteiger partial charge < -0.3 is 19.9 Å². The summed E-state index contributed by atoms with van der Waals surface area (Å²) in [5.41, 5.74) is 3.16. The van der Waals surface area contributed by atoms with E-state index in [9.17, 15) is 9.59 Å². The number of morpholine rings is 1. The number of benzene rings is 2. The van der Waals surface area contributed by atoms with Crippen molar-refractivity contribution in [3.63, 3.8) is 0 Å². The van der Waals surface area contributed by atoms with Gasteiger partial charge in [0.25, 0.3) is 5.91 Å². The number of nitrogens with one attached hydrogen (secondary N) is 1. The lowest BCUT2D eigenvalue weighted by molar-refractivity contribution is -0.0642. The lowest BCUT2D eigenvalue weighted by Gasteiger charge is -2.37. The molecule has 0 saturated carbocycles. The van der Waals surface area contributed by atoms with Gasteiger partial charge in [0.15, 0.2) is 0 Å². The van der Waals surface area contributed by atoms with Crippen molar-refractivity contribution < 1.29 is 14.3 Å². The standard InChI is InChI=1S/C22H27N3O3/c1-15-10-11-18(21(26)24(3)4)12-19(15)23-22(27)25-13-16(2)28-20(14-25)17-8-6-5-7-9-17/h5-12,16,20H,13-14H2,1-4H3,(H,23,27)/t16-,20+/m0/s1. The van der Waals surface area contributed by atoms with E-state index in [2.05, 4.69) is 5.32 Å². The van der Waals surface area contributed by atoms with E-state index in [1.165, 1.54) is 4.90 Å². The van der Waals surface area contributed by atoms with E-state index in [0.717, 1.165) is 11.1 Å². The molecule has 1 saturated heterocycles. The topological polar surface area (TPSA) is 61.9 Å². The Kier molecular flexibility index (Phi) is 5.99. The molecule has 1 aliphatic heterocycles. The van der Waals surface area contributed by atoms with Gasteiger partial charge in [-0.05, 0) is 37.1 Å².